The monoisotopic (exact) mass is 1950 g/mol. The summed E-state index contributed by atoms with van der Waals surface area (Å²) in [5.74, 6) is 0.654. The van der Waals surface area contributed by atoms with Crippen LogP contribution in [-0.2, 0) is 17.8 Å². The molecule has 0 radical (unpaired) electrons. The second-order valence-corrected chi connectivity index (χ2v) is 34.5. The highest BCUT2D eigenvalue weighted by atomic mass is 19.1. The third-order valence-corrected chi connectivity index (χ3v) is 24.7. The van der Waals surface area contributed by atoms with Crippen molar-refractivity contribution in [2.24, 2.45) is 0 Å². The fraction of sp³-hybridized carbons (Fsp3) is 0.0450. The smallest absolute Gasteiger partial charge is 0.255 e. The Labute approximate surface area is 834 Å². The van der Waals surface area contributed by atoms with Crippen molar-refractivity contribution in [1.29, 1.82) is 0 Å². The van der Waals surface area contributed by atoms with Crippen LogP contribution in [0.25, 0.3) is 223 Å². The van der Waals surface area contributed by atoms with Crippen LogP contribution in [0.1, 0.15) is 34.0 Å². The Morgan fingerprint density at radius 3 is 1.17 bits per heavy atom. The zero-order valence-corrected chi connectivity index (χ0v) is 78.1. The molecule has 11 N–H and O–H groups in total. The molecule has 20 heterocycles. The van der Waals surface area contributed by atoms with Crippen molar-refractivity contribution in [3.05, 3.63) is 376 Å². The van der Waals surface area contributed by atoms with Crippen LogP contribution in [0.3, 0.4) is 0 Å². The lowest BCUT2D eigenvalue weighted by Crippen LogP contribution is -2.14. The van der Waals surface area contributed by atoms with E-state index in [4.69, 9.17) is 19.9 Å². The number of pyridine rings is 12. The molecule has 33 nitrogen and oxygen atoms in total. The number of anilines is 2. The van der Waals surface area contributed by atoms with E-state index in [0.717, 1.165) is 124 Å². The number of fused-ring (bicyclic) bond motifs is 8. The summed E-state index contributed by atoms with van der Waals surface area (Å²) in [6, 6.07) is 59.8. The number of benzene rings is 6. The zero-order chi connectivity index (χ0) is 100. The first-order chi connectivity index (χ1) is 72.6. The fourth-order valence-corrected chi connectivity index (χ4v) is 17.5. The maximum Gasteiger partial charge on any atom is 0.255 e. The van der Waals surface area contributed by atoms with Gasteiger partial charge in [-0.1, -0.05) is 104 Å². The van der Waals surface area contributed by atoms with Gasteiger partial charge in [-0.2, -0.15) is 20.4 Å². The van der Waals surface area contributed by atoms with Gasteiger partial charge in [0, 0.05) is 166 Å². The van der Waals surface area contributed by atoms with Crippen molar-refractivity contribution in [1.82, 2.24) is 146 Å². The Hall–Kier alpha value is -20.5. The van der Waals surface area contributed by atoms with Crippen LogP contribution in [0.4, 0.5) is 28.9 Å². The van der Waals surface area contributed by atoms with E-state index < -0.39 is 0 Å². The van der Waals surface area contributed by atoms with E-state index in [1.807, 2.05) is 141 Å². The number of halogens is 4. The van der Waals surface area contributed by atoms with E-state index in [0.29, 0.717) is 146 Å². The van der Waals surface area contributed by atoms with E-state index >= 15 is 0 Å². The summed E-state index contributed by atoms with van der Waals surface area (Å²) in [6.07, 6.45) is 34.7. The molecule has 26 rings (SSSR count). The van der Waals surface area contributed by atoms with Crippen molar-refractivity contribution in [2.45, 2.75) is 26.8 Å². The molecule has 0 saturated carbocycles. The Morgan fingerprint density at radius 2 is 0.709 bits per heavy atom. The van der Waals surface area contributed by atoms with Crippen molar-refractivity contribution >= 4 is 111 Å². The van der Waals surface area contributed by atoms with Crippen molar-refractivity contribution in [3.8, 4) is 135 Å². The SMILES string of the molecule is CCNCc1cncc(-c2cnc3n[nH]c(-c4nc5c(-c6cccc(F)c6)cncc5[nH]4)c3c2)c1.Cc1ccncc1-c1cnc2n[nH]c(-c3nc4c(-c5cccc(F)c5)cncc4[nH]3)c2c1.O=C(Cc1ccccc1)Nc1cncc(-c2cnc3n[nH]c(-c4nc5c(-c6cccc(F)c6)cncc5[nH]4)c3c2)c1.O=C(Nc1cncc(-c2cnc3[nH]nc(-c4nc5c(-c6cccc(F)c6)cncc5[nH]4)c3c2)c1)c1ccccc1. The first kappa shape index (κ1) is 91.3. The van der Waals surface area contributed by atoms with Gasteiger partial charge in [-0.3, -0.25) is 69.9 Å². The molecule has 2 amide bonds. The predicted octanol–water partition coefficient (Wildman–Crippen LogP) is 21.9. The zero-order valence-electron chi connectivity index (χ0n) is 78.1. The third-order valence-electron chi connectivity index (χ3n) is 24.7. The molecule has 20 aromatic heterocycles. The van der Waals surface area contributed by atoms with E-state index in [9.17, 15) is 27.2 Å². The van der Waals surface area contributed by atoms with E-state index in [-0.39, 0.29) is 41.5 Å². The Kier molecular flexibility index (Phi) is 24.6. The average Bonchev–Trinajstić information content (AvgIpc) is 1.62. The largest absolute Gasteiger partial charge is 0.335 e. The molecule has 148 heavy (non-hydrogen) atoms. The average molecular weight is 1950 g/mol. The quantitative estimate of drug-likeness (QED) is 0.0316. The van der Waals surface area contributed by atoms with Gasteiger partial charge >= 0.3 is 0 Å². The fourth-order valence-electron chi connectivity index (χ4n) is 17.5. The number of hydrogen-bond donors (Lipinski definition) is 11. The molecule has 0 atom stereocenters. The molecular formula is C111H77F4N31O2. The molecule has 37 heteroatoms. The second kappa shape index (κ2) is 39.9. The summed E-state index contributed by atoms with van der Waals surface area (Å²) in [5, 5.41) is 41.9. The number of nitrogens with zero attached hydrogens (tertiary/aromatic N) is 20. The topological polar surface area (TPSA) is 454 Å². The predicted molar refractivity (Wildman–Crippen MR) is 557 cm³/mol. The standard InChI is InChI=1S/C31H21FN8O.C30H19FN8O.C26H21FN8.C24H16FN7/c32-22-8-4-7-19(10-22)25-16-34-17-26-28(25)38-31(37-26)29-24-12-21(14-35-30(24)40-39-29)20-11-23(15-33-13-20)36-27(41)9-18-5-2-1-3-6-18;31-21-8-4-7-18(9-21)24-15-33-16-25-26(24)37-29(36-25)27-23-11-20(13-34-28(23)39-38-27)19-10-22(14-32-12-19)35-30(40)17-5-2-1-3-6-17;1-2-28-9-15-6-17(11-29-10-15)18-8-20-24(34-35-25(20)31-12-18)26-32-22-14-30-13-21(23(22)33-26)16-4-3-5-19(27)7-16;1-13-5-6-26-10-18(13)15-8-17-22(31-32-23(17)28-9-15)24-29-20-12-27-11-19(21(20)30-24)14-3-2-4-16(25)7-14/h1-8,10-17H,9H2,(H,36,41)(H,37,38)(H,35,39,40);1-16H,(H,35,40)(H,36,37)(H,34,38,39);3-8,10-14,28H,2,9H2,1H3,(H,32,33)(H,31,34,35);2-12H,1H3,(H,29,30)(H,28,31,32). The third kappa shape index (κ3) is 18.9. The number of hydrogen-bond acceptors (Lipinski definition) is 23. The number of nitrogens with one attached hydrogen (secondary N) is 11. The second-order valence-electron chi connectivity index (χ2n) is 34.5. The molecule has 0 bridgehead atoms. The minimum absolute atomic E-state index is 0.127. The first-order valence-electron chi connectivity index (χ1n) is 46.5. The number of H-pyrrole nitrogens is 8. The normalized spacial score (nSPS) is 11.3. The van der Waals surface area contributed by atoms with E-state index in [2.05, 4.69) is 149 Å². The molecule has 0 unspecified atom stereocenters. The highest BCUT2D eigenvalue weighted by molar-refractivity contribution is 6.06. The van der Waals surface area contributed by atoms with Crippen LogP contribution in [-0.4, -0.2) is 159 Å². The summed E-state index contributed by atoms with van der Waals surface area (Å²) in [4.78, 5) is 110. The van der Waals surface area contributed by atoms with Gasteiger partial charge in [-0.25, -0.2) is 57.4 Å². The molecule has 0 spiro atoms. The van der Waals surface area contributed by atoms with Crippen molar-refractivity contribution < 1.29 is 27.2 Å². The Bertz CT molecular complexity index is 9530. The molecule has 0 saturated heterocycles. The summed E-state index contributed by atoms with van der Waals surface area (Å²) in [7, 11) is 0. The van der Waals surface area contributed by atoms with Crippen LogP contribution in [0.5, 0.6) is 0 Å². The molecule has 6 aromatic carbocycles. The number of amides is 2. The molecular weight excluding hydrogens is 1880 g/mol. The minimum atomic E-state index is -0.333. The molecule has 26 aromatic rings. The van der Waals surface area contributed by atoms with Gasteiger partial charge in [0.05, 0.1) is 121 Å². The van der Waals surface area contributed by atoms with Gasteiger partial charge in [-0.15, -0.1) is 0 Å². The van der Waals surface area contributed by atoms with Crippen LogP contribution in [0.2, 0.25) is 0 Å². The van der Waals surface area contributed by atoms with Gasteiger partial charge in [0.2, 0.25) is 5.91 Å². The van der Waals surface area contributed by atoms with Gasteiger partial charge in [0.25, 0.3) is 5.91 Å². The first-order valence-corrected chi connectivity index (χ1v) is 46.5. The van der Waals surface area contributed by atoms with Crippen LogP contribution in [0, 0.1) is 30.2 Å². The number of carbonyl (C=O) groups is 2. The summed E-state index contributed by atoms with van der Waals surface area (Å²) in [5.41, 5.74) is 28.1. The van der Waals surface area contributed by atoms with Crippen molar-refractivity contribution in [3.63, 3.8) is 0 Å². The molecule has 0 aliphatic heterocycles. The molecule has 0 aliphatic rings. The maximum atomic E-state index is 13.9. The van der Waals surface area contributed by atoms with E-state index in [1.54, 1.807) is 142 Å². The van der Waals surface area contributed by atoms with E-state index in [1.165, 1.54) is 48.5 Å². The van der Waals surface area contributed by atoms with Crippen LogP contribution in [0.15, 0.2) is 330 Å². The Morgan fingerprint density at radius 1 is 0.318 bits per heavy atom. The number of carbonyl (C=O) groups excluding carboxylic acids is 2. The number of imidazole rings is 4. The summed E-state index contributed by atoms with van der Waals surface area (Å²) in [6.45, 7) is 5.76. The van der Waals surface area contributed by atoms with Gasteiger partial charge in [0.1, 0.15) is 46.0 Å². The Balaban J connectivity index is 0.000000109. The maximum absolute atomic E-state index is 13.9. The van der Waals surface area contributed by atoms with Crippen molar-refractivity contribution in [2.75, 3.05) is 17.2 Å². The lowest BCUT2D eigenvalue weighted by molar-refractivity contribution is -0.115. The molecule has 0 fully saturated rings. The molecule has 716 valence electrons. The number of aromatic amines is 8. The highest BCUT2D eigenvalue weighted by Crippen LogP contribution is 2.40. The lowest BCUT2D eigenvalue weighted by Gasteiger charge is -2.07. The molecule has 0 aliphatic carbocycles. The van der Waals surface area contributed by atoms with Crippen LogP contribution >= 0.6 is 0 Å². The highest BCUT2D eigenvalue weighted by Gasteiger charge is 2.25. The lowest BCUT2D eigenvalue weighted by atomic mass is 10.0. The van der Waals surface area contributed by atoms with Gasteiger partial charge in [0.15, 0.2) is 45.9 Å². The summed E-state index contributed by atoms with van der Waals surface area (Å²) < 4.78 is 55.5. The van der Waals surface area contributed by atoms with Gasteiger partial charge < -0.3 is 35.9 Å². The van der Waals surface area contributed by atoms with Crippen LogP contribution < -0.4 is 16.0 Å². The summed E-state index contributed by atoms with van der Waals surface area (Å²) >= 11 is 0. The number of aromatic nitrogens is 28. The van der Waals surface area contributed by atoms with Gasteiger partial charge in [-0.05, 0) is 162 Å². The number of rotatable bonds is 20. The number of aryl methyl sites for hydroxylation is 1. The minimum Gasteiger partial charge on any atom is -0.335 e.